The van der Waals surface area contributed by atoms with Gasteiger partial charge in [0.15, 0.2) is 0 Å². The van der Waals surface area contributed by atoms with Gasteiger partial charge in [0.05, 0.1) is 6.54 Å². The van der Waals surface area contributed by atoms with Gasteiger partial charge in [0, 0.05) is 6.04 Å². The predicted molar refractivity (Wildman–Crippen MR) is 68.6 cm³/mol. The minimum absolute atomic E-state index is 0.000997. The van der Waals surface area contributed by atoms with E-state index in [0.29, 0.717) is 18.2 Å². The summed E-state index contributed by atoms with van der Waals surface area (Å²) in [5, 5.41) is 2.92. The molecule has 18 heavy (non-hydrogen) atoms. The molecular formula is C12H20N2O3S. The molecule has 1 aromatic rings. The lowest BCUT2D eigenvalue weighted by Crippen LogP contribution is -2.40. The lowest BCUT2D eigenvalue weighted by molar-refractivity contribution is 0.259. The van der Waals surface area contributed by atoms with E-state index in [1.165, 1.54) is 12.5 Å². The number of furan rings is 1. The third-order valence-electron chi connectivity index (χ3n) is 3.45. The minimum atomic E-state index is -3.52. The van der Waals surface area contributed by atoms with Crippen LogP contribution in [0.25, 0.3) is 0 Å². The maximum absolute atomic E-state index is 12.1. The van der Waals surface area contributed by atoms with Crippen molar-refractivity contribution in [2.45, 2.75) is 43.9 Å². The predicted octanol–water partition coefficient (Wildman–Crippen LogP) is 1.47. The molecule has 1 aliphatic carbocycles. The summed E-state index contributed by atoms with van der Waals surface area (Å²) in [6, 6.07) is 3.16. The molecular weight excluding hydrogens is 252 g/mol. The van der Waals surface area contributed by atoms with Gasteiger partial charge in [-0.15, -0.1) is 0 Å². The largest absolute Gasteiger partial charge is 0.447 e. The van der Waals surface area contributed by atoms with E-state index in [1.807, 2.05) is 6.92 Å². The molecule has 1 aliphatic rings. The molecule has 2 N–H and O–H groups in total. The van der Waals surface area contributed by atoms with Crippen molar-refractivity contribution in [2.24, 2.45) is 5.92 Å². The fraction of sp³-hybridized carbons (Fsp3) is 0.667. The summed E-state index contributed by atoms with van der Waals surface area (Å²) >= 11 is 0. The molecule has 1 aromatic heterocycles. The molecule has 1 saturated carbocycles. The summed E-state index contributed by atoms with van der Waals surface area (Å²) in [6.07, 6.45) is 3.41. The third kappa shape index (κ3) is 2.93. The highest BCUT2D eigenvalue weighted by atomic mass is 32.2. The Kier molecular flexibility index (Phi) is 4.09. The molecule has 0 saturated heterocycles. The van der Waals surface area contributed by atoms with Crippen molar-refractivity contribution in [3.8, 4) is 0 Å². The maximum atomic E-state index is 12.1. The first-order chi connectivity index (χ1) is 8.53. The van der Waals surface area contributed by atoms with Crippen LogP contribution in [0.1, 0.15) is 31.9 Å². The highest BCUT2D eigenvalue weighted by Gasteiger charge is 2.29. The molecule has 0 radical (unpaired) electrons. The fourth-order valence-corrected chi connectivity index (χ4v) is 3.37. The third-order valence-corrected chi connectivity index (χ3v) is 4.88. The highest BCUT2D eigenvalue weighted by Crippen LogP contribution is 2.30. The average Bonchev–Trinajstić information content (AvgIpc) is 2.63. The lowest BCUT2D eigenvalue weighted by Gasteiger charge is -2.31. The monoisotopic (exact) mass is 272 g/mol. The van der Waals surface area contributed by atoms with Crippen LogP contribution in [-0.4, -0.2) is 21.5 Å². The zero-order chi connectivity index (χ0) is 13.2. The number of hydrogen-bond acceptors (Lipinski definition) is 4. The van der Waals surface area contributed by atoms with E-state index in [-0.39, 0.29) is 11.1 Å². The van der Waals surface area contributed by atoms with Crippen molar-refractivity contribution in [3.05, 3.63) is 17.9 Å². The van der Waals surface area contributed by atoms with Crippen molar-refractivity contribution in [2.75, 3.05) is 7.05 Å². The van der Waals surface area contributed by atoms with E-state index in [2.05, 4.69) is 10.0 Å². The molecule has 0 aromatic carbocycles. The summed E-state index contributed by atoms with van der Waals surface area (Å²) in [6.45, 7) is 2.44. The highest BCUT2D eigenvalue weighted by molar-refractivity contribution is 7.89. The Balaban J connectivity index is 2.04. The standard InChI is InChI=1S/C12H20N2O3S/c1-9(10-4-3-5-10)14-18(15,16)12-7-6-11(17-12)8-13-2/h6-7,9-10,13-14H,3-5,8H2,1-2H3. The Morgan fingerprint density at radius 1 is 1.44 bits per heavy atom. The Morgan fingerprint density at radius 3 is 2.72 bits per heavy atom. The molecule has 0 amide bonds. The van der Waals surface area contributed by atoms with E-state index in [1.54, 1.807) is 13.1 Å². The maximum Gasteiger partial charge on any atom is 0.274 e. The van der Waals surface area contributed by atoms with Gasteiger partial charge in [-0.3, -0.25) is 0 Å². The Hall–Kier alpha value is -0.850. The first kappa shape index (κ1) is 13.6. The van der Waals surface area contributed by atoms with Crippen LogP contribution >= 0.6 is 0 Å². The Bertz CT molecular complexity index is 491. The molecule has 0 bridgehead atoms. The fourth-order valence-electron chi connectivity index (χ4n) is 2.11. The van der Waals surface area contributed by atoms with Gasteiger partial charge in [-0.25, -0.2) is 13.1 Å². The number of rotatable bonds is 6. The van der Waals surface area contributed by atoms with Crippen LogP contribution in [0.15, 0.2) is 21.6 Å². The van der Waals surface area contributed by atoms with Gasteiger partial charge < -0.3 is 9.73 Å². The second-order valence-corrected chi connectivity index (χ2v) is 6.50. The van der Waals surface area contributed by atoms with Crippen LogP contribution in [0.3, 0.4) is 0 Å². The van der Waals surface area contributed by atoms with E-state index in [0.717, 1.165) is 12.8 Å². The quantitative estimate of drug-likeness (QED) is 0.822. The smallest absolute Gasteiger partial charge is 0.274 e. The Morgan fingerprint density at radius 2 is 2.17 bits per heavy atom. The summed E-state index contributed by atoms with van der Waals surface area (Å²) in [5.74, 6) is 1.08. The number of sulfonamides is 1. The average molecular weight is 272 g/mol. The molecule has 102 valence electrons. The van der Waals surface area contributed by atoms with Crippen molar-refractivity contribution in [1.82, 2.24) is 10.0 Å². The molecule has 6 heteroatoms. The van der Waals surface area contributed by atoms with Gasteiger partial charge in [-0.05, 0) is 44.9 Å². The van der Waals surface area contributed by atoms with E-state index < -0.39 is 10.0 Å². The second-order valence-electron chi connectivity index (χ2n) is 4.85. The molecule has 1 heterocycles. The normalized spacial score (nSPS) is 18.6. The van der Waals surface area contributed by atoms with Gasteiger partial charge in [-0.2, -0.15) is 0 Å². The van der Waals surface area contributed by atoms with Gasteiger partial charge in [0.1, 0.15) is 5.76 Å². The molecule has 5 nitrogen and oxygen atoms in total. The van der Waals surface area contributed by atoms with Gasteiger partial charge >= 0.3 is 0 Å². The first-order valence-electron chi connectivity index (χ1n) is 6.28. The summed E-state index contributed by atoms with van der Waals surface area (Å²) in [4.78, 5) is 0. The molecule has 1 atom stereocenters. The molecule has 0 spiro atoms. The van der Waals surface area contributed by atoms with Crippen LogP contribution in [0.4, 0.5) is 0 Å². The Labute approximate surface area is 108 Å². The number of nitrogens with one attached hydrogen (secondary N) is 2. The number of hydrogen-bond donors (Lipinski definition) is 2. The molecule has 1 fully saturated rings. The summed E-state index contributed by atoms with van der Waals surface area (Å²) < 4.78 is 32.2. The zero-order valence-corrected chi connectivity index (χ0v) is 11.6. The van der Waals surface area contributed by atoms with Crippen LogP contribution in [-0.2, 0) is 16.6 Å². The molecule has 1 unspecified atom stereocenters. The topological polar surface area (TPSA) is 71.3 Å². The van der Waals surface area contributed by atoms with E-state index in [9.17, 15) is 8.42 Å². The van der Waals surface area contributed by atoms with Gasteiger partial charge in [0.25, 0.3) is 10.0 Å². The summed E-state index contributed by atoms with van der Waals surface area (Å²) in [7, 11) is -1.74. The first-order valence-corrected chi connectivity index (χ1v) is 7.77. The van der Waals surface area contributed by atoms with E-state index in [4.69, 9.17) is 4.42 Å². The van der Waals surface area contributed by atoms with Crippen molar-refractivity contribution in [1.29, 1.82) is 0 Å². The molecule has 2 rings (SSSR count). The van der Waals surface area contributed by atoms with Crippen molar-refractivity contribution < 1.29 is 12.8 Å². The van der Waals surface area contributed by atoms with Crippen LogP contribution in [0.2, 0.25) is 0 Å². The van der Waals surface area contributed by atoms with Crippen LogP contribution in [0, 0.1) is 5.92 Å². The van der Waals surface area contributed by atoms with Crippen molar-refractivity contribution >= 4 is 10.0 Å². The second kappa shape index (κ2) is 5.42. The molecule has 0 aliphatic heterocycles. The van der Waals surface area contributed by atoms with Gasteiger partial charge in [-0.1, -0.05) is 6.42 Å². The SMILES string of the molecule is CNCc1ccc(S(=O)(=O)NC(C)C2CCC2)o1. The van der Waals surface area contributed by atoms with Crippen LogP contribution in [0.5, 0.6) is 0 Å². The van der Waals surface area contributed by atoms with Gasteiger partial charge in [0.2, 0.25) is 5.09 Å². The summed E-state index contributed by atoms with van der Waals surface area (Å²) in [5.41, 5.74) is 0. The lowest BCUT2D eigenvalue weighted by atomic mass is 9.81. The van der Waals surface area contributed by atoms with E-state index >= 15 is 0 Å². The van der Waals surface area contributed by atoms with Crippen molar-refractivity contribution in [3.63, 3.8) is 0 Å². The minimum Gasteiger partial charge on any atom is -0.447 e. The van der Waals surface area contributed by atoms with Crippen LogP contribution < -0.4 is 10.0 Å². The zero-order valence-electron chi connectivity index (χ0n) is 10.8.